The van der Waals surface area contributed by atoms with Gasteiger partial charge in [-0.25, -0.2) is 4.39 Å². The van der Waals surface area contributed by atoms with Crippen LogP contribution in [0.2, 0.25) is 0 Å². The SMILES string of the molecule is COc1cc(CNC(=O)c2ccc(C)c(F)c2)ccc1OC[C@H]1CCCO1. The Balaban J connectivity index is 1.59. The van der Waals surface area contributed by atoms with Crippen molar-refractivity contribution >= 4 is 5.91 Å². The van der Waals surface area contributed by atoms with Crippen molar-refractivity contribution in [2.75, 3.05) is 20.3 Å². The summed E-state index contributed by atoms with van der Waals surface area (Å²) in [6.07, 6.45) is 2.20. The highest BCUT2D eigenvalue weighted by Crippen LogP contribution is 2.29. The van der Waals surface area contributed by atoms with Gasteiger partial charge in [-0.2, -0.15) is 0 Å². The van der Waals surface area contributed by atoms with E-state index in [-0.39, 0.29) is 12.0 Å². The van der Waals surface area contributed by atoms with Crippen molar-refractivity contribution in [1.29, 1.82) is 0 Å². The molecule has 5 nitrogen and oxygen atoms in total. The lowest BCUT2D eigenvalue weighted by Gasteiger charge is -2.15. The van der Waals surface area contributed by atoms with E-state index in [9.17, 15) is 9.18 Å². The van der Waals surface area contributed by atoms with Crippen LogP contribution in [-0.2, 0) is 11.3 Å². The summed E-state index contributed by atoms with van der Waals surface area (Å²) >= 11 is 0. The van der Waals surface area contributed by atoms with E-state index in [0.717, 1.165) is 25.0 Å². The van der Waals surface area contributed by atoms with Crippen LogP contribution >= 0.6 is 0 Å². The van der Waals surface area contributed by atoms with Crippen LogP contribution in [0.25, 0.3) is 0 Å². The van der Waals surface area contributed by atoms with Crippen molar-refractivity contribution in [3.05, 3.63) is 58.9 Å². The summed E-state index contributed by atoms with van der Waals surface area (Å²) in [7, 11) is 1.58. The molecule has 1 fully saturated rings. The third-order valence-corrected chi connectivity index (χ3v) is 4.56. The molecule has 0 aromatic heterocycles. The molecule has 1 amide bonds. The van der Waals surface area contributed by atoms with Gasteiger partial charge in [0.1, 0.15) is 12.4 Å². The fourth-order valence-electron chi connectivity index (χ4n) is 2.92. The first-order chi connectivity index (χ1) is 13.1. The zero-order valence-electron chi connectivity index (χ0n) is 15.6. The first kappa shape index (κ1) is 19.2. The van der Waals surface area contributed by atoms with Crippen LogP contribution in [-0.4, -0.2) is 32.3 Å². The lowest BCUT2D eigenvalue weighted by Crippen LogP contribution is -2.23. The van der Waals surface area contributed by atoms with E-state index in [0.29, 0.717) is 35.8 Å². The van der Waals surface area contributed by atoms with Gasteiger partial charge < -0.3 is 19.5 Å². The normalized spacial score (nSPS) is 16.2. The zero-order chi connectivity index (χ0) is 19.2. The van der Waals surface area contributed by atoms with Crippen molar-refractivity contribution < 1.29 is 23.4 Å². The largest absolute Gasteiger partial charge is 0.493 e. The zero-order valence-corrected chi connectivity index (χ0v) is 15.6. The molecule has 27 heavy (non-hydrogen) atoms. The maximum absolute atomic E-state index is 13.6. The highest BCUT2D eigenvalue weighted by molar-refractivity contribution is 5.94. The minimum Gasteiger partial charge on any atom is -0.493 e. The van der Waals surface area contributed by atoms with Crippen LogP contribution in [0, 0.1) is 12.7 Å². The summed E-state index contributed by atoms with van der Waals surface area (Å²) in [5.41, 5.74) is 1.66. The second-order valence-corrected chi connectivity index (χ2v) is 6.58. The lowest BCUT2D eigenvalue weighted by atomic mass is 10.1. The second kappa shape index (κ2) is 8.86. The minimum absolute atomic E-state index is 0.128. The van der Waals surface area contributed by atoms with E-state index < -0.39 is 5.82 Å². The first-order valence-corrected chi connectivity index (χ1v) is 9.02. The average Bonchev–Trinajstić information content (AvgIpc) is 3.20. The molecule has 0 saturated carbocycles. The molecular weight excluding hydrogens is 349 g/mol. The molecule has 1 aliphatic heterocycles. The van der Waals surface area contributed by atoms with E-state index in [1.165, 1.54) is 6.07 Å². The number of benzene rings is 2. The molecule has 0 radical (unpaired) electrons. The molecule has 0 spiro atoms. The highest BCUT2D eigenvalue weighted by Gasteiger charge is 2.17. The third kappa shape index (κ3) is 4.98. The molecule has 3 rings (SSSR count). The van der Waals surface area contributed by atoms with Crippen molar-refractivity contribution in [1.82, 2.24) is 5.32 Å². The van der Waals surface area contributed by atoms with Gasteiger partial charge in [0.25, 0.3) is 5.91 Å². The fraction of sp³-hybridized carbons (Fsp3) is 0.381. The maximum Gasteiger partial charge on any atom is 0.251 e. The van der Waals surface area contributed by atoms with Crippen molar-refractivity contribution in [2.45, 2.75) is 32.4 Å². The number of halogens is 1. The summed E-state index contributed by atoms with van der Waals surface area (Å²) in [5, 5.41) is 2.79. The predicted octanol–water partition coefficient (Wildman–Crippen LogP) is 3.63. The molecule has 2 aromatic rings. The van der Waals surface area contributed by atoms with Gasteiger partial charge in [0.2, 0.25) is 0 Å². The molecular formula is C21H24FNO4. The number of carbonyl (C=O) groups is 1. The third-order valence-electron chi connectivity index (χ3n) is 4.56. The number of hydrogen-bond acceptors (Lipinski definition) is 4. The van der Waals surface area contributed by atoms with Gasteiger partial charge in [-0.05, 0) is 55.2 Å². The van der Waals surface area contributed by atoms with Crippen LogP contribution < -0.4 is 14.8 Å². The quantitative estimate of drug-likeness (QED) is 0.805. The standard InChI is InChI=1S/C21H24FNO4/c1-14-5-7-16(11-18(14)22)21(24)23-12-15-6-8-19(20(10-15)25-2)27-13-17-4-3-9-26-17/h5-8,10-11,17H,3-4,9,12-13H2,1-2H3,(H,23,24)/t17-/m1/s1. The molecule has 6 heteroatoms. The number of rotatable bonds is 7. The molecule has 1 atom stereocenters. The number of methoxy groups -OCH3 is 1. The topological polar surface area (TPSA) is 56.8 Å². The molecule has 2 aromatic carbocycles. The summed E-state index contributed by atoms with van der Waals surface area (Å²) in [5.74, 6) is 0.522. The Hall–Kier alpha value is -2.60. The fourth-order valence-corrected chi connectivity index (χ4v) is 2.92. The number of nitrogens with one attached hydrogen (secondary N) is 1. The monoisotopic (exact) mass is 373 g/mol. The van der Waals surface area contributed by atoms with E-state index >= 15 is 0 Å². The van der Waals surface area contributed by atoms with Crippen LogP contribution in [0.4, 0.5) is 4.39 Å². The molecule has 144 valence electrons. The average molecular weight is 373 g/mol. The van der Waals surface area contributed by atoms with Crippen LogP contribution in [0.3, 0.4) is 0 Å². The Labute approximate surface area is 158 Å². The number of amides is 1. The van der Waals surface area contributed by atoms with Gasteiger partial charge in [-0.3, -0.25) is 4.79 Å². The van der Waals surface area contributed by atoms with Gasteiger partial charge in [0.15, 0.2) is 11.5 Å². The van der Waals surface area contributed by atoms with Gasteiger partial charge in [0, 0.05) is 18.7 Å². The van der Waals surface area contributed by atoms with Gasteiger partial charge >= 0.3 is 0 Å². The molecule has 1 N–H and O–H groups in total. The van der Waals surface area contributed by atoms with Gasteiger partial charge in [-0.1, -0.05) is 12.1 Å². The molecule has 1 heterocycles. The maximum atomic E-state index is 13.6. The molecule has 0 bridgehead atoms. The molecule has 0 aliphatic carbocycles. The van der Waals surface area contributed by atoms with Crippen LogP contribution in [0.1, 0.15) is 34.3 Å². The minimum atomic E-state index is -0.392. The number of aryl methyl sites for hydroxylation is 1. The Morgan fingerprint density at radius 1 is 1.26 bits per heavy atom. The number of hydrogen-bond donors (Lipinski definition) is 1. The molecule has 1 saturated heterocycles. The smallest absolute Gasteiger partial charge is 0.251 e. The predicted molar refractivity (Wildman–Crippen MR) is 99.8 cm³/mol. The number of carbonyl (C=O) groups excluding carboxylic acids is 1. The van der Waals surface area contributed by atoms with Crippen LogP contribution in [0.15, 0.2) is 36.4 Å². The molecule has 1 aliphatic rings. The van der Waals surface area contributed by atoms with Crippen molar-refractivity contribution in [2.24, 2.45) is 0 Å². The summed E-state index contributed by atoms with van der Waals surface area (Å²) in [4.78, 5) is 12.2. The summed E-state index contributed by atoms with van der Waals surface area (Å²) in [6.45, 7) is 3.24. The van der Waals surface area contributed by atoms with Crippen molar-refractivity contribution in [3.63, 3.8) is 0 Å². The Morgan fingerprint density at radius 3 is 2.81 bits per heavy atom. The van der Waals surface area contributed by atoms with E-state index in [1.807, 2.05) is 18.2 Å². The Morgan fingerprint density at radius 2 is 2.11 bits per heavy atom. The Bertz CT molecular complexity index is 803. The second-order valence-electron chi connectivity index (χ2n) is 6.58. The first-order valence-electron chi connectivity index (χ1n) is 9.02. The van der Waals surface area contributed by atoms with Crippen molar-refractivity contribution in [3.8, 4) is 11.5 Å². The Kier molecular flexibility index (Phi) is 6.29. The van der Waals surface area contributed by atoms with Gasteiger partial charge in [0.05, 0.1) is 13.2 Å². The summed E-state index contributed by atoms with van der Waals surface area (Å²) in [6, 6.07) is 9.95. The van der Waals surface area contributed by atoms with Crippen LogP contribution in [0.5, 0.6) is 11.5 Å². The summed E-state index contributed by atoms with van der Waals surface area (Å²) < 4.78 is 30.4. The van der Waals surface area contributed by atoms with E-state index in [4.69, 9.17) is 14.2 Å². The van der Waals surface area contributed by atoms with E-state index in [2.05, 4.69) is 5.32 Å². The molecule has 0 unspecified atom stereocenters. The number of ether oxygens (including phenoxy) is 3. The van der Waals surface area contributed by atoms with E-state index in [1.54, 1.807) is 26.2 Å². The lowest BCUT2D eigenvalue weighted by molar-refractivity contribution is 0.0669. The van der Waals surface area contributed by atoms with Gasteiger partial charge in [-0.15, -0.1) is 0 Å². The highest BCUT2D eigenvalue weighted by atomic mass is 19.1.